The first kappa shape index (κ1) is 18.6. The van der Waals surface area contributed by atoms with Crippen LogP contribution < -0.4 is 14.8 Å². The monoisotopic (exact) mass is 353 g/mol. The molecule has 0 fully saturated rings. The standard InChI is InChI=1S/C18H18F3NO3/c1-3-15(24-16-7-5-4-6-12(16)2)17(23)22-13-8-10-14(11-9-13)25-18(19,20)21/h4-11,15H,3H2,1-2H3,(H,22,23)/t15-/m1/s1. The van der Waals surface area contributed by atoms with Gasteiger partial charge in [-0.15, -0.1) is 13.2 Å². The van der Waals surface area contributed by atoms with E-state index in [2.05, 4.69) is 10.1 Å². The average molecular weight is 353 g/mol. The number of alkyl halides is 3. The molecule has 1 amide bonds. The molecule has 134 valence electrons. The third-order valence-corrected chi connectivity index (χ3v) is 3.38. The van der Waals surface area contributed by atoms with Crippen LogP contribution in [0.4, 0.5) is 18.9 Å². The summed E-state index contributed by atoms with van der Waals surface area (Å²) in [4.78, 5) is 12.3. The summed E-state index contributed by atoms with van der Waals surface area (Å²) < 4.78 is 45.9. The van der Waals surface area contributed by atoms with Gasteiger partial charge in [-0.1, -0.05) is 25.1 Å². The van der Waals surface area contributed by atoms with Gasteiger partial charge in [-0.05, 0) is 49.2 Å². The van der Waals surface area contributed by atoms with E-state index in [4.69, 9.17) is 4.74 Å². The molecule has 0 aliphatic carbocycles. The zero-order chi connectivity index (χ0) is 18.4. The van der Waals surface area contributed by atoms with Gasteiger partial charge in [0.2, 0.25) is 0 Å². The topological polar surface area (TPSA) is 47.6 Å². The predicted octanol–water partition coefficient (Wildman–Crippen LogP) is 4.69. The Bertz CT molecular complexity index is 714. The van der Waals surface area contributed by atoms with Crippen LogP contribution in [0.25, 0.3) is 0 Å². The van der Waals surface area contributed by atoms with E-state index in [0.29, 0.717) is 17.9 Å². The number of hydrogen-bond donors (Lipinski definition) is 1. The van der Waals surface area contributed by atoms with Crippen molar-refractivity contribution in [1.82, 2.24) is 0 Å². The van der Waals surface area contributed by atoms with E-state index >= 15 is 0 Å². The maximum atomic E-state index is 12.3. The maximum absolute atomic E-state index is 12.3. The highest BCUT2D eigenvalue weighted by molar-refractivity contribution is 5.94. The Morgan fingerprint density at radius 1 is 1.12 bits per heavy atom. The molecular weight excluding hydrogens is 335 g/mol. The third-order valence-electron chi connectivity index (χ3n) is 3.38. The Kier molecular flexibility index (Phi) is 5.90. The van der Waals surface area contributed by atoms with Gasteiger partial charge >= 0.3 is 6.36 Å². The zero-order valence-electron chi connectivity index (χ0n) is 13.8. The van der Waals surface area contributed by atoms with Crippen LogP contribution in [0.15, 0.2) is 48.5 Å². The summed E-state index contributed by atoms with van der Waals surface area (Å²) in [5.74, 6) is -0.123. The molecule has 0 unspecified atom stereocenters. The van der Waals surface area contributed by atoms with Crippen LogP contribution in [0.2, 0.25) is 0 Å². The van der Waals surface area contributed by atoms with Crippen LogP contribution in [0.5, 0.6) is 11.5 Å². The van der Waals surface area contributed by atoms with E-state index in [0.717, 1.165) is 17.7 Å². The number of aryl methyl sites for hydroxylation is 1. The molecular formula is C18H18F3NO3. The molecule has 1 N–H and O–H groups in total. The molecule has 0 bridgehead atoms. The Morgan fingerprint density at radius 3 is 2.32 bits per heavy atom. The van der Waals surface area contributed by atoms with Crippen molar-refractivity contribution in [3.05, 3.63) is 54.1 Å². The van der Waals surface area contributed by atoms with Gasteiger partial charge in [-0.25, -0.2) is 0 Å². The Labute approximate surface area is 143 Å². The fourth-order valence-electron chi connectivity index (χ4n) is 2.13. The van der Waals surface area contributed by atoms with Crippen molar-refractivity contribution in [3.63, 3.8) is 0 Å². The van der Waals surface area contributed by atoms with Gasteiger partial charge in [0.1, 0.15) is 11.5 Å². The van der Waals surface area contributed by atoms with Gasteiger partial charge in [0.25, 0.3) is 5.91 Å². The Balaban J connectivity index is 2.00. The molecule has 0 aliphatic heterocycles. The second-order valence-corrected chi connectivity index (χ2v) is 5.34. The molecule has 0 heterocycles. The Hall–Kier alpha value is -2.70. The van der Waals surface area contributed by atoms with Crippen LogP contribution in [0, 0.1) is 6.92 Å². The van der Waals surface area contributed by atoms with E-state index in [1.54, 1.807) is 6.07 Å². The molecule has 0 aliphatic rings. The quantitative estimate of drug-likeness (QED) is 0.820. The van der Waals surface area contributed by atoms with Gasteiger partial charge in [0, 0.05) is 5.69 Å². The maximum Gasteiger partial charge on any atom is 0.573 e. The minimum absolute atomic E-state index is 0.353. The van der Waals surface area contributed by atoms with E-state index in [1.165, 1.54) is 12.1 Å². The van der Waals surface area contributed by atoms with Crippen LogP contribution in [-0.4, -0.2) is 18.4 Å². The lowest BCUT2D eigenvalue weighted by Crippen LogP contribution is -2.32. The molecule has 0 radical (unpaired) electrons. The van der Waals surface area contributed by atoms with Gasteiger partial charge in [-0.2, -0.15) is 0 Å². The molecule has 2 aromatic carbocycles. The molecule has 0 aromatic heterocycles. The molecule has 1 atom stereocenters. The molecule has 4 nitrogen and oxygen atoms in total. The first-order valence-electron chi connectivity index (χ1n) is 7.67. The number of carbonyl (C=O) groups is 1. The summed E-state index contributed by atoms with van der Waals surface area (Å²) in [6.45, 7) is 3.68. The van der Waals surface area contributed by atoms with Crippen LogP contribution in [0.3, 0.4) is 0 Å². The lowest BCUT2D eigenvalue weighted by molar-refractivity contribution is -0.274. The summed E-state index contributed by atoms with van der Waals surface area (Å²) in [5, 5.41) is 2.62. The molecule has 25 heavy (non-hydrogen) atoms. The third kappa shape index (κ3) is 5.70. The van der Waals surface area contributed by atoms with E-state index in [1.807, 2.05) is 32.0 Å². The second kappa shape index (κ2) is 7.92. The number of anilines is 1. The Morgan fingerprint density at radius 2 is 1.76 bits per heavy atom. The number of nitrogens with one attached hydrogen (secondary N) is 1. The van der Waals surface area contributed by atoms with Gasteiger partial charge in [0.15, 0.2) is 6.10 Å². The summed E-state index contributed by atoms with van der Waals surface area (Å²) in [7, 11) is 0. The highest BCUT2D eigenvalue weighted by Crippen LogP contribution is 2.24. The van der Waals surface area contributed by atoms with Crippen molar-refractivity contribution in [3.8, 4) is 11.5 Å². The van der Waals surface area contributed by atoms with Crippen molar-refractivity contribution in [2.24, 2.45) is 0 Å². The summed E-state index contributed by atoms with van der Waals surface area (Å²) in [6.07, 6.45) is -5.03. The van der Waals surface area contributed by atoms with Crippen LogP contribution in [-0.2, 0) is 4.79 Å². The molecule has 0 saturated carbocycles. The largest absolute Gasteiger partial charge is 0.573 e. The smallest absolute Gasteiger partial charge is 0.480 e. The second-order valence-electron chi connectivity index (χ2n) is 5.34. The summed E-state index contributed by atoms with van der Waals surface area (Å²) in [5.41, 5.74) is 1.26. The molecule has 7 heteroatoms. The number of para-hydroxylation sites is 1. The minimum atomic E-state index is -4.75. The van der Waals surface area contributed by atoms with Crippen molar-refractivity contribution in [2.45, 2.75) is 32.7 Å². The van der Waals surface area contributed by atoms with E-state index < -0.39 is 12.5 Å². The van der Waals surface area contributed by atoms with Crippen molar-refractivity contribution in [2.75, 3.05) is 5.32 Å². The number of hydrogen-bond acceptors (Lipinski definition) is 3. The fraction of sp³-hybridized carbons (Fsp3) is 0.278. The number of halogens is 3. The molecule has 2 aromatic rings. The first-order chi connectivity index (χ1) is 11.8. The number of rotatable bonds is 6. The predicted molar refractivity (Wildman–Crippen MR) is 87.6 cm³/mol. The SMILES string of the molecule is CC[C@@H](Oc1ccccc1C)C(=O)Nc1ccc(OC(F)(F)F)cc1. The van der Waals surface area contributed by atoms with Gasteiger partial charge < -0.3 is 14.8 Å². The first-order valence-corrected chi connectivity index (χ1v) is 7.67. The molecule has 2 rings (SSSR count). The number of ether oxygens (including phenoxy) is 2. The highest BCUT2D eigenvalue weighted by atomic mass is 19.4. The number of benzene rings is 2. The zero-order valence-corrected chi connectivity index (χ0v) is 13.8. The molecule has 0 spiro atoms. The van der Waals surface area contributed by atoms with E-state index in [9.17, 15) is 18.0 Å². The van der Waals surface area contributed by atoms with E-state index in [-0.39, 0.29) is 11.7 Å². The number of carbonyl (C=O) groups excluding carboxylic acids is 1. The van der Waals surface area contributed by atoms with Crippen molar-refractivity contribution >= 4 is 11.6 Å². The lowest BCUT2D eigenvalue weighted by atomic mass is 10.2. The van der Waals surface area contributed by atoms with Crippen molar-refractivity contribution < 1.29 is 27.4 Å². The number of amides is 1. The van der Waals surface area contributed by atoms with Crippen LogP contribution >= 0.6 is 0 Å². The highest BCUT2D eigenvalue weighted by Gasteiger charge is 2.31. The minimum Gasteiger partial charge on any atom is -0.480 e. The molecule has 0 saturated heterocycles. The van der Waals surface area contributed by atoms with Crippen LogP contribution in [0.1, 0.15) is 18.9 Å². The van der Waals surface area contributed by atoms with Gasteiger partial charge in [0.05, 0.1) is 0 Å². The normalized spacial score (nSPS) is 12.4. The van der Waals surface area contributed by atoms with Gasteiger partial charge in [-0.3, -0.25) is 4.79 Å². The summed E-state index contributed by atoms with van der Waals surface area (Å²) in [6, 6.07) is 12.3. The lowest BCUT2D eigenvalue weighted by Gasteiger charge is -2.18. The fourth-order valence-corrected chi connectivity index (χ4v) is 2.13. The average Bonchev–Trinajstić information content (AvgIpc) is 2.54. The van der Waals surface area contributed by atoms with Crippen molar-refractivity contribution in [1.29, 1.82) is 0 Å². The summed E-state index contributed by atoms with van der Waals surface area (Å²) >= 11 is 0.